The molecule has 0 unspecified atom stereocenters. The number of hydrogen-bond donors (Lipinski definition) is 2. The van der Waals surface area contributed by atoms with Crippen LogP contribution in [0.25, 0.3) is 22.3 Å². The number of benzene rings is 1. The van der Waals surface area contributed by atoms with Crippen molar-refractivity contribution >= 4 is 32.7 Å². The molecule has 186 valence electrons. The van der Waals surface area contributed by atoms with Gasteiger partial charge in [-0.2, -0.15) is 12.7 Å². The zero-order valence-electron chi connectivity index (χ0n) is 18.8. The van der Waals surface area contributed by atoms with E-state index in [4.69, 9.17) is 0 Å². The first-order valence-electron chi connectivity index (χ1n) is 10.8. The van der Waals surface area contributed by atoms with Gasteiger partial charge in [-0.3, -0.25) is 19.5 Å². The van der Waals surface area contributed by atoms with E-state index in [0.29, 0.717) is 22.6 Å². The van der Waals surface area contributed by atoms with Crippen LogP contribution in [-0.4, -0.2) is 57.7 Å². The monoisotopic (exact) mass is 516 g/mol. The molecule has 0 saturated carbocycles. The van der Waals surface area contributed by atoms with Crippen molar-refractivity contribution in [2.75, 3.05) is 17.8 Å². The van der Waals surface area contributed by atoms with Crippen molar-refractivity contribution in [3.05, 3.63) is 71.4 Å². The summed E-state index contributed by atoms with van der Waals surface area (Å²) in [4.78, 5) is 28.8. The third-order valence-corrected chi connectivity index (χ3v) is 7.33. The molecule has 1 aliphatic heterocycles. The van der Waals surface area contributed by atoms with Crippen molar-refractivity contribution in [2.24, 2.45) is 0 Å². The Bertz CT molecular complexity index is 1590. The Labute approximate surface area is 203 Å². The van der Waals surface area contributed by atoms with Crippen LogP contribution in [0, 0.1) is 18.6 Å². The fraction of sp³-hybridized carbons (Fsp3) is 0.217. The summed E-state index contributed by atoms with van der Waals surface area (Å²) in [5, 5.41) is 0.288. The Balaban J connectivity index is 1.52. The predicted molar refractivity (Wildman–Crippen MR) is 125 cm³/mol. The highest BCUT2D eigenvalue weighted by atomic mass is 32.2. The number of hydrogen-bond acceptors (Lipinski definition) is 6. The smallest absolute Gasteiger partial charge is 0.301 e. The first-order chi connectivity index (χ1) is 17.1. The van der Waals surface area contributed by atoms with Gasteiger partial charge in [-0.25, -0.2) is 18.2 Å². The van der Waals surface area contributed by atoms with E-state index < -0.39 is 45.0 Å². The van der Waals surface area contributed by atoms with Gasteiger partial charge >= 0.3 is 10.2 Å². The molecule has 1 atom stereocenters. The average molecular weight is 517 g/mol. The van der Waals surface area contributed by atoms with Crippen molar-refractivity contribution in [1.82, 2.24) is 24.2 Å². The highest BCUT2D eigenvalue weighted by molar-refractivity contribution is 7.90. The molecule has 0 bridgehead atoms. The van der Waals surface area contributed by atoms with Crippen molar-refractivity contribution in [2.45, 2.75) is 19.5 Å². The summed E-state index contributed by atoms with van der Waals surface area (Å²) in [5.74, 6) is -3.58. The molecule has 1 fully saturated rings. The Kier molecular flexibility index (Phi) is 5.96. The van der Waals surface area contributed by atoms with E-state index in [9.17, 15) is 22.0 Å². The molecule has 2 N–H and O–H groups in total. The second-order valence-electron chi connectivity index (χ2n) is 8.33. The van der Waals surface area contributed by atoms with E-state index in [1.165, 1.54) is 18.6 Å². The molecule has 3 aromatic heterocycles. The van der Waals surface area contributed by atoms with Gasteiger partial charge in [0.25, 0.3) is 0 Å². The fourth-order valence-electron chi connectivity index (χ4n) is 3.96. The SMILES string of the molecule is Cc1cnc(-c2cnc3[nH]cc(C(=O)c4c(F)ccc(NS(=O)(=O)N5CC[C@@H](F)C5)c4F)c3c2)cn1. The third-order valence-electron chi connectivity index (χ3n) is 5.84. The second-order valence-corrected chi connectivity index (χ2v) is 10.0. The van der Waals surface area contributed by atoms with Gasteiger partial charge in [-0.1, -0.05) is 0 Å². The minimum absolute atomic E-state index is 0.0152. The number of aromatic nitrogens is 4. The number of nitrogens with one attached hydrogen (secondary N) is 2. The van der Waals surface area contributed by atoms with Gasteiger partial charge < -0.3 is 4.98 Å². The summed E-state index contributed by atoms with van der Waals surface area (Å²) in [5.41, 5.74) is 0.383. The quantitative estimate of drug-likeness (QED) is 0.378. The van der Waals surface area contributed by atoms with Gasteiger partial charge in [0.15, 0.2) is 5.82 Å². The lowest BCUT2D eigenvalue weighted by Gasteiger charge is -2.18. The largest absolute Gasteiger partial charge is 0.345 e. The number of halogens is 3. The zero-order chi connectivity index (χ0) is 25.6. The number of anilines is 1. The highest BCUT2D eigenvalue weighted by Crippen LogP contribution is 2.30. The number of pyridine rings is 1. The Morgan fingerprint density at radius 3 is 2.67 bits per heavy atom. The van der Waals surface area contributed by atoms with Gasteiger partial charge in [-0.15, -0.1) is 0 Å². The maximum atomic E-state index is 15.3. The highest BCUT2D eigenvalue weighted by Gasteiger charge is 2.33. The summed E-state index contributed by atoms with van der Waals surface area (Å²) in [7, 11) is -4.31. The number of ketones is 1. The maximum Gasteiger partial charge on any atom is 0.301 e. The minimum Gasteiger partial charge on any atom is -0.345 e. The van der Waals surface area contributed by atoms with Gasteiger partial charge in [0.2, 0.25) is 5.78 Å². The molecule has 1 aliphatic rings. The van der Waals surface area contributed by atoms with Crippen LogP contribution in [0.3, 0.4) is 0 Å². The van der Waals surface area contributed by atoms with E-state index >= 15 is 4.39 Å². The molecule has 0 radical (unpaired) electrons. The molecule has 36 heavy (non-hydrogen) atoms. The molecule has 0 aliphatic carbocycles. The van der Waals surface area contributed by atoms with Gasteiger partial charge in [-0.05, 0) is 31.5 Å². The lowest BCUT2D eigenvalue weighted by molar-refractivity contribution is 0.103. The van der Waals surface area contributed by atoms with Gasteiger partial charge in [0.05, 0.1) is 28.8 Å². The maximum absolute atomic E-state index is 15.3. The molecule has 0 amide bonds. The van der Waals surface area contributed by atoms with Gasteiger partial charge in [0, 0.05) is 48.2 Å². The van der Waals surface area contributed by atoms with Crippen LogP contribution < -0.4 is 4.72 Å². The molecule has 1 aromatic carbocycles. The van der Waals surface area contributed by atoms with Crippen LogP contribution in [0.4, 0.5) is 18.9 Å². The van der Waals surface area contributed by atoms with Crippen LogP contribution in [0.5, 0.6) is 0 Å². The summed E-state index contributed by atoms with van der Waals surface area (Å²) in [6.45, 7) is 1.32. The Morgan fingerprint density at radius 2 is 1.97 bits per heavy atom. The van der Waals surface area contributed by atoms with Crippen LogP contribution in [0.1, 0.15) is 28.0 Å². The van der Waals surface area contributed by atoms with Crippen molar-refractivity contribution in [3.63, 3.8) is 0 Å². The van der Waals surface area contributed by atoms with E-state index in [1.807, 2.05) is 4.72 Å². The summed E-state index contributed by atoms with van der Waals surface area (Å²) in [6.07, 6.45) is 4.57. The minimum atomic E-state index is -4.31. The molecule has 1 saturated heterocycles. The predicted octanol–water partition coefficient (Wildman–Crippen LogP) is 3.54. The number of H-pyrrole nitrogens is 1. The van der Waals surface area contributed by atoms with E-state index in [-0.39, 0.29) is 30.5 Å². The van der Waals surface area contributed by atoms with E-state index in [0.717, 1.165) is 16.4 Å². The van der Waals surface area contributed by atoms with Crippen LogP contribution >= 0.6 is 0 Å². The molecule has 9 nitrogen and oxygen atoms in total. The molecular formula is C23H19F3N6O3S. The second kappa shape index (κ2) is 8.99. The molecule has 0 spiro atoms. The standard InChI is InChI=1S/C23H19F3N6O3S/c1-12-7-28-19(10-27-12)13-6-15-16(9-30-23(15)29-8-13)22(33)20-17(25)2-3-18(21(20)26)31-36(34,35)32-5-4-14(24)11-32/h2-3,6-10,14,31H,4-5,11H2,1H3,(H,29,30)/t14-/m1/s1. The lowest BCUT2D eigenvalue weighted by atomic mass is 10.0. The number of rotatable bonds is 6. The van der Waals surface area contributed by atoms with Crippen LogP contribution in [-0.2, 0) is 10.2 Å². The topological polar surface area (TPSA) is 121 Å². The van der Waals surface area contributed by atoms with E-state index in [2.05, 4.69) is 19.9 Å². The van der Waals surface area contributed by atoms with Crippen molar-refractivity contribution in [3.8, 4) is 11.3 Å². The number of aromatic amines is 1. The summed E-state index contributed by atoms with van der Waals surface area (Å²) in [6, 6.07) is 3.25. The van der Waals surface area contributed by atoms with Crippen molar-refractivity contribution < 1.29 is 26.4 Å². The number of fused-ring (bicyclic) bond motifs is 1. The fourth-order valence-corrected chi connectivity index (χ4v) is 5.22. The molecule has 4 heterocycles. The molecular weight excluding hydrogens is 497 g/mol. The molecule has 5 rings (SSSR count). The number of carbonyl (C=O) groups excluding carboxylic acids is 1. The number of nitrogens with zero attached hydrogens (tertiary/aromatic N) is 4. The normalized spacial score (nSPS) is 16.5. The van der Waals surface area contributed by atoms with Gasteiger partial charge in [0.1, 0.15) is 17.6 Å². The summed E-state index contributed by atoms with van der Waals surface area (Å²) >= 11 is 0. The molecule has 13 heteroatoms. The van der Waals surface area contributed by atoms with E-state index in [1.54, 1.807) is 19.2 Å². The number of alkyl halides is 1. The Hall–Kier alpha value is -3.84. The zero-order valence-corrected chi connectivity index (χ0v) is 19.6. The van der Waals surface area contributed by atoms with Crippen LogP contribution in [0.2, 0.25) is 0 Å². The molecule has 4 aromatic rings. The number of aryl methyl sites for hydroxylation is 1. The third kappa shape index (κ3) is 4.31. The summed E-state index contributed by atoms with van der Waals surface area (Å²) < 4.78 is 71.4. The van der Waals surface area contributed by atoms with Crippen molar-refractivity contribution in [1.29, 1.82) is 0 Å². The average Bonchev–Trinajstić information content (AvgIpc) is 3.48. The Morgan fingerprint density at radius 1 is 1.17 bits per heavy atom. The number of carbonyl (C=O) groups is 1. The lowest BCUT2D eigenvalue weighted by Crippen LogP contribution is -2.34. The first-order valence-corrected chi connectivity index (χ1v) is 12.3. The van der Waals surface area contributed by atoms with Crippen LogP contribution in [0.15, 0.2) is 43.0 Å². The first kappa shape index (κ1) is 23.9.